The van der Waals surface area contributed by atoms with Crippen LogP contribution in [0.3, 0.4) is 0 Å². The third-order valence-corrected chi connectivity index (χ3v) is 1.25. The molecule has 1 aromatic rings. The SMILES string of the molecule is O=Cc1cnc(CC(=O)S)[nH]1. The summed E-state index contributed by atoms with van der Waals surface area (Å²) in [7, 11) is 0. The van der Waals surface area contributed by atoms with E-state index in [4.69, 9.17) is 0 Å². The van der Waals surface area contributed by atoms with E-state index in [1.54, 1.807) is 0 Å². The Balaban J connectivity index is 2.72. The maximum Gasteiger partial charge on any atom is 0.193 e. The summed E-state index contributed by atoms with van der Waals surface area (Å²) in [5, 5.41) is -0.281. The van der Waals surface area contributed by atoms with Crippen LogP contribution in [0.15, 0.2) is 6.20 Å². The second-order valence-corrected chi connectivity index (χ2v) is 2.47. The lowest BCUT2D eigenvalue weighted by Crippen LogP contribution is -1.95. The molecule has 58 valence electrons. The smallest absolute Gasteiger partial charge is 0.193 e. The van der Waals surface area contributed by atoms with Crippen LogP contribution in [0.4, 0.5) is 0 Å². The molecule has 0 fully saturated rings. The van der Waals surface area contributed by atoms with E-state index in [0.29, 0.717) is 17.8 Å². The van der Waals surface area contributed by atoms with Gasteiger partial charge in [-0.3, -0.25) is 9.59 Å². The van der Waals surface area contributed by atoms with Crippen molar-refractivity contribution in [3.63, 3.8) is 0 Å². The topological polar surface area (TPSA) is 62.8 Å². The van der Waals surface area contributed by atoms with Crippen LogP contribution in [0.1, 0.15) is 16.3 Å². The van der Waals surface area contributed by atoms with Crippen LogP contribution < -0.4 is 0 Å². The van der Waals surface area contributed by atoms with Crippen LogP contribution in [0.25, 0.3) is 0 Å². The summed E-state index contributed by atoms with van der Waals surface area (Å²) >= 11 is 3.56. The van der Waals surface area contributed by atoms with Crippen molar-refractivity contribution in [2.75, 3.05) is 0 Å². The van der Waals surface area contributed by atoms with E-state index in [1.807, 2.05) is 0 Å². The molecule has 0 radical (unpaired) electrons. The van der Waals surface area contributed by atoms with Gasteiger partial charge in [0.25, 0.3) is 0 Å². The average molecular weight is 170 g/mol. The predicted octanol–water partition coefficient (Wildman–Crippen LogP) is 0.221. The van der Waals surface area contributed by atoms with Crippen molar-refractivity contribution in [2.24, 2.45) is 0 Å². The number of thiol groups is 1. The molecule has 0 aliphatic carbocycles. The van der Waals surface area contributed by atoms with Gasteiger partial charge in [-0.05, 0) is 0 Å². The summed E-state index contributed by atoms with van der Waals surface area (Å²) in [6.07, 6.45) is 2.13. The number of carbonyl (C=O) groups is 2. The number of hydrogen-bond acceptors (Lipinski definition) is 3. The number of nitrogens with zero attached hydrogens (tertiary/aromatic N) is 1. The predicted molar refractivity (Wildman–Crippen MR) is 41.7 cm³/mol. The maximum absolute atomic E-state index is 10.4. The first-order chi connectivity index (χ1) is 5.22. The van der Waals surface area contributed by atoms with Gasteiger partial charge in [-0.2, -0.15) is 0 Å². The largest absolute Gasteiger partial charge is 0.339 e. The number of H-pyrrole nitrogens is 1. The molecule has 5 heteroatoms. The molecule has 0 aliphatic rings. The van der Waals surface area contributed by atoms with Gasteiger partial charge in [-0.1, -0.05) is 0 Å². The van der Waals surface area contributed by atoms with Gasteiger partial charge in [0.15, 0.2) is 11.4 Å². The molecule has 1 heterocycles. The normalized spacial score (nSPS) is 9.55. The van der Waals surface area contributed by atoms with Gasteiger partial charge in [0, 0.05) is 0 Å². The van der Waals surface area contributed by atoms with Crippen LogP contribution in [0.2, 0.25) is 0 Å². The molecule has 0 aliphatic heterocycles. The van der Waals surface area contributed by atoms with Crippen molar-refractivity contribution in [1.29, 1.82) is 0 Å². The number of rotatable bonds is 3. The number of aldehydes is 1. The van der Waals surface area contributed by atoms with Crippen LogP contribution in [0, 0.1) is 0 Å². The first-order valence-electron chi connectivity index (χ1n) is 2.93. The van der Waals surface area contributed by atoms with E-state index < -0.39 is 0 Å². The maximum atomic E-state index is 10.4. The summed E-state index contributed by atoms with van der Waals surface area (Å²) in [5.74, 6) is 0.465. The van der Waals surface area contributed by atoms with Crippen molar-refractivity contribution < 1.29 is 9.59 Å². The summed E-state index contributed by atoms with van der Waals surface area (Å²) in [4.78, 5) is 27.0. The summed E-state index contributed by atoms with van der Waals surface area (Å²) < 4.78 is 0. The molecule has 0 spiro atoms. The Kier molecular flexibility index (Phi) is 2.43. The standard InChI is InChI=1S/C6H6N2O2S/c9-3-4-2-7-5(8-4)1-6(10)11/h2-3H,1H2,(H,7,8)(H,10,11). The van der Waals surface area contributed by atoms with Crippen molar-refractivity contribution in [1.82, 2.24) is 9.97 Å². The minimum Gasteiger partial charge on any atom is -0.339 e. The van der Waals surface area contributed by atoms with E-state index in [1.165, 1.54) is 6.20 Å². The zero-order valence-electron chi connectivity index (χ0n) is 5.57. The highest BCUT2D eigenvalue weighted by atomic mass is 32.1. The van der Waals surface area contributed by atoms with Gasteiger partial charge in [-0.15, -0.1) is 12.6 Å². The highest BCUT2D eigenvalue weighted by Crippen LogP contribution is 1.96. The monoisotopic (exact) mass is 170 g/mol. The van der Waals surface area contributed by atoms with Crippen LogP contribution in [-0.4, -0.2) is 21.4 Å². The Morgan fingerprint density at radius 2 is 2.55 bits per heavy atom. The zero-order valence-corrected chi connectivity index (χ0v) is 6.47. The van der Waals surface area contributed by atoms with Gasteiger partial charge < -0.3 is 4.98 Å². The zero-order chi connectivity index (χ0) is 8.27. The van der Waals surface area contributed by atoms with Gasteiger partial charge >= 0.3 is 0 Å². The van der Waals surface area contributed by atoms with Gasteiger partial charge in [0.1, 0.15) is 5.82 Å². The number of hydrogen-bond donors (Lipinski definition) is 2. The quantitative estimate of drug-likeness (QED) is 0.504. The third-order valence-electron chi connectivity index (χ3n) is 1.09. The van der Waals surface area contributed by atoms with Crippen molar-refractivity contribution in [3.05, 3.63) is 17.7 Å². The van der Waals surface area contributed by atoms with Gasteiger partial charge in [0.05, 0.1) is 18.3 Å². The van der Waals surface area contributed by atoms with Crippen molar-refractivity contribution in [2.45, 2.75) is 6.42 Å². The average Bonchev–Trinajstić information content (AvgIpc) is 2.34. The number of nitrogens with one attached hydrogen (secondary N) is 1. The van der Waals surface area contributed by atoms with Crippen LogP contribution in [-0.2, 0) is 11.2 Å². The molecule has 1 aromatic heterocycles. The molecule has 0 atom stereocenters. The summed E-state index contributed by atoms with van der Waals surface area (Å²) in [6.45, 7) is 0. The first kappa shape index (κ1) is 8.00. The molecule has 0 unspecified atom stereocenters. The lowest BCUT2D eigenvalue weighted by atomic mass is 10.4. The lowest BCUT2D eigenvalue weighted by Gasteiger charge is -1.86. The second-order valence-electron chi connectivity index (χ2n) is 1.97. The molecule has 11 heavy (non-hydrogen) atoms. The van der Waals surface area contributed by atoms with Crippen LogP contribution in [0.5, 0.6) is 0 Å². The Morgan fingerprint density at radius 1 is 1.82 bits per heavy atom. The molecular formula is C6H6N2O2S. The molecular weight excluding hydrogens is 164 g/mol. The minimum absolute atomic E-state index is 0.122. The molecule has 0 saturated carbocycles. The third kappa shape index (κ3) is 2.19. The molecule has 1 N–H and O–H groups in total. The number of aromatic amines is 1. The van der Waals surface area contributed by atoms with Crippen molar-refractivity contribution in [3.8, 4) is 0 Å². The second kappa shape index (κ2) is 3.34. The summed E-state index contributed by atoms with van der Waals surface area (Å²) in [6, 6.07) is 0. The van der Waals surface area contributed by atoms with E-state index in [9.17, 15) is 9.59 Å². The van der Waals surface area contributed by atoms with Crippen molar-refractivity contribution >= 4 is 24.0 Å². The van der Waals surface area contributed by atoms with Gasteiger partial charge in [0.2, 0.25) is 0 Å². The molecule has 0 amide bonds. The molecule has 4 nitrogen and oxygen atoms in total. The first-order valence-corrected chi connectivity index (χ1v) is 3.38. The fourth-order valence-electron chi connectivity index (χ4n) is 0.672. The van der Waals surface area contributed by atoms with Crippen LogP contribution >= 0.6 is 12.6 Å². The van der Waals surface area contributed by atoms with E-state index in [0.717, 1.165) is 0 Å². The molecule has 0 aromatic carbocycles. The van der Waals surface area contributed by atoms with E-state index in [2.05, 4.69) is 22.6 Å². The molecule has 0 saturated heterocycles. The Bertz CT molecular complexity index is 282. The number of imidazole rings is 1. The lowest BCUT2D eigenvalue weighted by molar-refractivity contribution is -0.110. The highest BCUT2D eigenvalue weighted by molar-refractivity contribution is 7.96. The minimum atomic E-state index is -0.281. The van der Waals surface area contributed by atoms with E-state index in [-0.39, 0.29) is 11.5 Å². The number of aromatic nitrogens is 2. The highest BCUT2D eigenvalue weighted by Gasteiger charge is 2.01. The Morgan fingerprint density at radius 3 is 3.00 bits per heavy atom. The van der Waals surface area contributed by atoms with Gasteiger partial charge in [-0.25, -0.2) is 4.98 Å². The fraction of sp³-hybridized carbons (Fsp3) is 0.167. The Hall–Kier alpha value is -1.10. The summed E-state index contributed by atoms with van der Waals surface area (Å²) in [5.41, 5.74) is 0.370. The molecule has 1 rings (SSSR count). The molecule has 0 bridgehead atoms. The Labute approximate surface area is 68.4 Å². The van der Waals surface area contributed by atoms with E-state index >= 15 is 0 Å². The number of carbonyl (C=O) groups excluding carboxylic acids is 2. The fourth-order valence-corrected chi connectivity index (χ4v) is 0.821.